The highest BCUT2D eigenvalue weighted by atomic mass is 35.5. The zero-order valence-corrected chi connectivity index (χ0v) is 23.1. The molecule has 1 atom stereocenters. The van der Waals surface area contributed by atoms with Gasteiger partial charge in [0, 0.05) is 50.8 Å². The van der Waals surface area contributed by atoms with Crippen molar-refractivity contribution in [2.75, 3.05) is 39.4 Å². The Balaban J connectivity index is 1.50. The second-order valence-corrected chi connectivity index (χ2v) is 10.8. The van der Waals surface area contributed by atoms with Gasteiger partial charge in [-0.1, -0.05) is 28.9 Å². The number of ether oxygens (including phenoxy) is 2. The summed E-state index contributed by atoms with van der Waals surface area (Å²) in [6, 6.07) is 4.98. The zero-order valence-electron chi connectivity index (χ0n) is 22.3. The summed E-state index contributed by atoms with van der Waals surface area (Å²) in [5, 5.41) is 4.76. The average Bonchev–Trinajstić information content (AvgIpc) is 3.48. The summed E-state index contributed by atoms with van der Waals surface area (Å²) in [6.45, 7) is 5.55. The predicted molar refractivity (Wildman–Crippen MR) is 141 cm³/mol. The van der Waals surface area contributed by atoms with Gasteiger partial charge in [-0.15, -0.1) is 0 Å². The molecule has 11 nitrogen and oxygen atoms in total. The second-order valence-electron chi connectivity index (χ2n) is 10.4. The van der Waals surface area contributed by atoms with Gasteiger partial charge in [0.1, 0.15) is 0 Å². The summed E-state index contributed by atoms with van der Waals surface area (Å²) in [5.41, 5.74) is 5.83. The SMILES string of the molecule is C[C@H]1CN(Cc2nc(-c3c(OC(=O)C(F)(F)F)n(CC4CCOCC4)c4c(Cl)cccc34)no2)CCN1CC(N)=O. The Kier molecular flexibility index (Phi) is 8.55. The van der Waals surface area contributed by atoms with Gasteiger partial charge in [-0.3, -0.25) is 14.6 Å². The van der Waals surface area contributed by atoms with Gasteiger partial charge in [-0.25, -0.2) is 4.79 Å². The van der Waals surface area contributed by atoms with Gasteiger partial charge in [0.2, 0.25) is 23.5 Å². The fourth-order valence-electron chi connectivity index (χ4n) is 5.43. The normalized spacial score (nSPS) is 19.6. The monoisotopic (exact) mass is 598 g/mol. The molecule has 2 aliphatic rings. The van der Waals surface area contributed by atoms with Crippen LogP contribution in [0, 0.1) is 5.92 Å². The number of rotatable bonds is 8. The van der Waals surface area contributed by atoms with Crippen LogP contribution in [-0.4, -0.2) is 88.0 Å². The first kappa shape index (κ1) is 29.3. The lowest BCUT2D eigenvalue weighted by atomic mass is 10.0. The van der Waals surface area contributed by atoms with Crippen LogP contribution in [0.1, 0.15) is 25.7 Å². The van der Waals surface area contributed by atoms with E-state index in [1.54, 1.807) is 18.2 Å². The van der Waals surface area contributed by atoms with Crippen LogP contribution in [0.2, 0.25) is 5.02 Å². The lowest BCUT2D eigenvalue weighted by Gasteiger charge is -2.38. The van der Waals surface area contributed by atoms with Crippen molar-refractivity contribution in [2.45, 2.75) is 45.1 Å². The fraction of sp³-hybridized carbons (Fsp3) is 0.538. The molecule has 0 bridgehead atoms. The molecule has 2 saturated heterocycles. The van der Waals surface area contributed by atoms with E-state index in [0.717, 1.165) is 0 Å². The van der Waals surface area contributed by atoms with E-state index in [2.05, 4.69) is 15.0 Å². The number of nitrogens with two attached hydrogens (primary N) is 1. The highest BCUT2D eigenvalue weighted by molar-refractivity contribution is 6.35. The lowest BCUT2D eigenvalue weighted by Crippen LogP contribution is -2.53. The molecule has 41 heavy (non-hydrogen) atoms. The first-order chi connectivity index (χ1) is 19.5. The molecular formula is C26H30ClF3N6O5. The Morgan fingerprint density at radius 1 is 1.22 bits per heavy atom. The maximum absolute atomic E-state index is 13.4. The van der Waals surface area contributed by atoms with Crippen LogP contribution >= 0.6 is 11.6 Å². The minimum atomic E-state index is -5.23. The molecule has 0 saturated carbocycles. The van der Waals surface area contributed by atoms with Crippen molar-refractivity contribution in [2.24, 2.45) is 11.7 Å². The van der Waals surface area contributed by atoms with E-state index >= 15 is 0 Å². The summed E-state index contributed by atoms with van der Waals surface area (Å²) in [4.78, 5) is 32.0. The van der Waals surface area contributed by atoms with Gasteiger partial charge in [-0.2, -0.15) is 18.2 Å². The lowest BCUT2D eigenvalue weighted by molar-refractivity contribution is -0.190. The number of aromatic nitrogens is 3. The van der Waals surface area contributed by atoms with Crippen molar-refractivity contribution in [1.82, 2.24) is 24.5 Å². The van der Waals surface area contributed by atoms with Crippen LogP contribution in [-0.2, 0) is 27.4 Å². The second kappa shape index (κ2) is 12.0. The molecule has 2 aliphatic heterocycles. The molecule has 0 unspecified atom stereocenters. The number of benzene rings is 1. The number of alkyl halides is 3. The van der Waals surface area contributed by atoms with Crippen LogP contribution in [0.3, 0.4) is 0 Å². The maximum atomic E-state index is 13.4. The predicted octanol–water partition coefficient (Wildman–Crippen LogP) is 3.23. The Hall–Kier alpha value is -3.20. The van der Waals surface area contributed by atoms with E-state index in [1.165, 1.54) is 4.57 Å². The first-order valence-electron chi connectivity index (χ1n) is 13.3. The van der Waals surface area contributed by atoms with Gasteiger partial charge in [0.15, 0.2) is 0 Å². The maximum Gasteiger partial charge on any atom is 0.491 e. The molecule has 1 aromatic carbocycles. The third-order valence-corrected chi connectivity index (χ3v) is 7.75. The van der Waals surface area contributed by atoms with Crippen LogP contribution in [0.5, 0.6) is 5.88 Å². The van der Waals surface area contributed by atoms with Crippen molar-refractivity contribution in [3.63, 3.8) is 0 Å². The topological polar surface area (TPSA) is 129 Å². The van der Waals surface area contributed by atoms with Crippen molar-refractivity contribution in [3.8, 4) is 17.3 Å². The Morgan fingerprint density at radius 2 is 1.98 bits per heavy atom. The molecule has 15 heteroatoms. The molecule has 0 aliphatic carbocycles. The summed E-state index contributed by atoms with van der Waals surface area (Å²) in [6.07, 6.45) is -3.86. The number of esters is 1. The number of primary amides is 1. The quantitative estimate of drug-likeness (QED) is 0.389. The third kappa shape index (κ3) is 6.50. The molecule has 2 fully saturated rings. The molecule has 0 radical (unpaired) electrons. The number of hydrogen-bond donors (Lipinski definition) is 1. The summed E-state index contributed by atoms with van der Waals surface area (Å²) in [7, 11) is 0. The van der Waals surface area contributed by atoms with Crippen molar-refractivity contribution in [1.29, 1.82) is 0 Å². The fourth-order valence-corrected chi connectivity index (χ4v) is 5.71. The number of para-hydroxylation sites is 1. The van der Waals surface area contributed by atoms with E-state index in [0.29, 0.717) is 56.6 Å². The summed E-state index contributed by atoms with van der Waals surface area (Å²) >= 11 is 6.56. The third-order valence-electron chi connectivity index (χ3n) is 7.45. The zero-order chi connectivity index (χ0) is 29.3. The van der Waals surface area contributed by atoms with E-state index in [4.69, 9.17) is 31.3 Å². The number of carbonyl (C=O) groups excluding carboxylic acids is 2. The standard InChI is InChI=1S/C26H30ClF3N6O5/c1-15-11-34(7-8-35(15)13-19(31)37)14-20-32-23(33-41-20)21-17-3-2-4-18(27)22(17)36(12-16-5-9-39-10-6-16)24(21)40-25(38)26(28,29)30/h2-4,15-16H,5-14H2,1H3,(H2,31,37)/t15-/m0/s1. The van der Waals surface area contributed by atoms with Crippen LogP contribution in [0.4, 0.5) is 13.2 Å². The molecule has 2 aromatic heterocycles. The van der Waals surface area contributed by atoms with Crippen molar-refractivity contribution in [3.05, 3.63) is 29.1 Å². The Bertz CT molecular complexity index is 1420. The van der Waals surface area contributed by atoms with E-state index < -0.39 is 18.1 Å². The number of amides is 1. The molecule has 0 spiro atoms. The van der Waals surface area contributed by atoms with E-state index in [9.17, 15) is 22.8 Å². The summed E-state index contributed by atoms with van der Waals surface area (Å²) in [5.74, 6) is -2.84. The van der Waals surface area contributed by atoms with E-state index in [-0.39, 0.29) is 59.8 Å². The smallest absolute Gasteiger partial charge is 0.402 e. The highest BCUT2D eigenvalue weighted by Crippen LogP contribution is 2.43. The molecule has 222 valence electrons. The first-order valence-corrected chi connectivity index (χ1v) is 13.6. The number of fused-ring (bicyclic) bond motifs is 1. The molecule has 3 aromatic rings. The highest BCUT2D eigenvalue weighted by Gasteiger charge is 2.43. The number of nitrogens with zero attached hydrogens (tertiary/aromatic N) is 5. The molecular weight excluding hydrogens is 569 g/mol. The number of piperazine rings is 1. The van der Waals surface area contributed by atoms with Gasteiger partial charge in [0.25, 0.3) is 0 Å². The largest absolute Gasteiger partial charge is 0.491 e. The Morgan fingerprint density at radius 3 is 2.66 bits per heavy atom. The van der Waals surface area contributed by atoms with Gasteiger partial charge >= 0.3 is 12.1 Å². The van der Waals surface area contributed by atoms with Crippen molar-refractivity contribution < 1.29 is 36.8 Å². The number of halogens is 4. The Labute approximate surface area is 238 Å². The minimum Gasteiger partial charge on any atom is -0.402 e. The van der Waals surface area contributed by atoms with Crippen molar-refractivity contribution >= 4 is 34.4 Å². The number of hydrogen-bond acceptors (Lipinski definition) is 9. The number of carbonyl (C=O) groups is 2. The average molecular weight is 599 g/mol. The minimum absolute atomic E-state index is 0.0246. The van der Waals surface area contributed by atoms with Gasteiger partial charge in [0.05, 0.1) is 29.2 Å². The molecule has 1 amide bonds. The molecule has 5 rings (SSSR count). The van der Waals surface area contributed by atoms with E-state index in [1.807, 2.05) is 11.8 Å². The van der Waals surface area contributed by atoms with Gasteiger partial charge in [-0.05, 0) is 31.7 Å². The van der Waals surface area contributed by atoms with Gasteiger partial charge < -0.3 is 24.3 Å². The molecule has 2 N–H and O–H groups in total. The van der Waals surface area contributed by atoms with Crippen LogP contribution in [0.15, 0.2) is 22.7 Å². The van der Waals surface area contributed by atoms with Crippen LogP contribution in [0.25, 0.3) is 22.3 Å². The summed E-state index contributed by atoms with van der Waals surface area (Å²) < 4.78 is 57.6. The molecule has 4 heterocycles. The van der Waals surface area contributed by atoms with Crippen LogP contribution < -0.4 is 10.5 Å².